The summed E-state index contributed by atoms with van der Waals surface area (Å²) in [6.45, 7) is 1.11. The van der Waals surface area contributed by atoms with Crippen LogP contribution in [0.1, 0.15) is 19.3 Å². The molecule has 1 heterocycles. The Kier molecular flexibility index (Phi) is 4.04. The largest absolute Gasteiger partial charge is 0.330 e. The van der Waals surface area contributed by atoms with E-state index in [1.54, 1.807) is 7.05 Å². The third kappa shape index (κ3) is 2.90. The molecule has 18 heavy (non-hydrogen) atoms. The second-order valence-electron chi connectivity index (χ2n) is 4.89. The van der Waals surface area contributed by atoms with Gasteiger partial charge in [0.25, 0.3) is 0 Å². The van der Waals surface area contributed by atoms with Crippen molar-refractivity contribution in [2.75, 3.05) is 13.1 Å². The van der Waals surface area contributed by atoms with Crippen LogP contribution in [0.2, 0.25) is 0 Å². The molecule has 0 saturated heterocycles. The van der Waals surface area contributed by atoms with E-state index in [4.69, 9.17) is 5.73 Å². The lowest BCUT2D eigenvalue weighted by molar-refractivity contribution is 0.393. The molecule has 1 fully saturated rings. The zero-order valence-corrected chi connectivity index (χ0v) is 11.4. The fourth-order valence-electron chi connectivity index (χ4n) is 2.53. The van der Waals surface area contributed by atoms with Crippen LogP contribution >= 0.6 is 0 Å². The van der Waals surface area contributed by atoms with Crippen molar-refractivity contribution >= 4 is 10.0 Å². The molecule has 7 heteroatoms. The van der Waals surface area contributed by atoms with E-state index in [9.17, 15) is 8.42 Å². The van der Waals surface area contributed by atoms with Crippen LogP contribution in [0.5, 0.6) is 0 Å². The van der Waals surface area contributed by atoms with Crippen LogP contribution in [0.25, 0.3) is 0 Å². The number of nitrogens with zero attached hydrogens (tertiary/aromatic N) is 2. The summed E-state index contributed by atoms with van der Waals surface area (Å²) in [5.41, 5.74) is 5.69. The molecular formula is C11H20N4O2S. The predicted octanol–water partition coefficient (Wildman–Crippen LogP) is 0.0734. The predicted molar refractivity (Wildman–Crippen MR) is 68.3 cm³/mol. The van der Waals surface area contributed by atoms with Crippen LogP contribution in [-0.4, -0.2) is 31.3 Å². The lowest BCUT2D eigenvalue weighted by Gasteiger charge is -2.17. The van der Waals surface area contributed by atoms with Gasteiger partial charge in [-0.1, -0.05) is 6.42 Å². The lowest BCUT2D eigenvalue weighted by atomic mass is 9.97. The molecule has 3 N–H and O–H groups in total. The fraction of sp³-hybridized carbons (Fsp3) is 0.727. The van der Waals surface area contributed by atoms with Crippen LogP contribution in [0.15, 0.2) is 17.3 Å². The molecule has 6 nitrogen and oxygen atoms in total. The molecule has 0 spiro atoms. The van der Waals surface area contributed by atoms with E-state index in [-0.39, 0.29) is 4.90 Å². The average molecular weight is 272 g/mol. The Morgan fingerprint density at radius 3 is 2.83 bits per heavy atom. The van der Waals surface area contributed by atoms with Crippen LogP contribution < -0.4 is 10.5 Å². The molecule has 0 radical (unpaired) electrons. The number of hydrogen-bond acceptors (Lipinski definition) is 4. The van der Waals surface area contributed by atoms with E-state index < -0.39 is 10.0 Å². The van der Waals surface area contributed by atoms with Gasteiger partial charge in [-0.25, -0.2) is 13.1 Å². The Hall–Kier alpha value is -0.920. The van der Waals surface area contributed by atoms with Crippen molar-refractivity contribution in [1.29, 1.82) is 0 Å². The third-order valence-electron chi connectivity index (χ3n) is 3.65. The highest BCUT2D eigenvalue weighted by molar-refractivity contribution is 7.89. The number of aromatic nitrogens is 2. The molecule has 0 aliphatic heterocycles. The molecule has 1 saturated carbocycles. The maximum atomic E-state index is 12.0. The summed E-state index contributed by atoms with van der Waals surface area (Å²) in [6.07, 6.45) is 6.16. The molecule has 0 aromatic carbocycles. The molecule has 102 valence electrons. The molecule has 0 amide bonds. The van der Waals surface area contributed by atoms with Gasteiger partial charge >= 0.3 is 0 Å². The van der Waals surface area contributed by atoms with E-state index in [0.717, 1.165) is 19.3 Å². The molecule has 0 bridgehead atoms. The highest BCUT2D eigenvalue weighted by Gasteiger charge is 2.27. The summed E-state index contributed by atoms with van der Waals surface area (Å²) in [6, 6.07) is 0. The second-order valence-corrected chi connectivity index (χ2v) is 6.66. The van der Waals surface area contributed by atoms with Gasteiger partial charge in [0.1, 0.15) is 4.90 Å². The van der Waals surface area contributed by atoms with Crippen molar-refractivity contribution in [2.24, 2.45) is 24.6 Å². The van der Waals surface area contributed by atoms with Gasteiger partial charge in [0.15, 0.2) is 0 Å². The summed E-state index contributed by atoms with van der Waals surface area (Å²) in [7, 11) is -1.74. The van der Waals surface area contributed by atoms with Gasteiger partial charge in [0, 0.05) is 19.8 Å². The summed E-state index contributed by atoms with van der Waals surface area (Å²) in [5, 5.41) is 3.87. The molecule has 1 aromatic heterocycles. The average Bonchev–Trinajstić information content (AvgIpc) is 2.94. The molecule has 2 rings (SSSR count). The van der Waals surface area contributed by atoms with Crippen molar-refractivity contribution in [3.63, 3.8) is 0 Å². The highest BCUT2D eigenvalue weighted by Crippen LogP contribution is 2.30. The van der Waals surface area contributed by atoms with Crippen LogP contribution in [0.4, 0.5) is 0 Å². The van der Waals surface area contributed by atoms with E-state index in [2.05, 4.69) is 9.82 Å². The zero-order valence-electron chi connectivity index (χ0n) is 10.5. The van der Waals surface area contributed by atoms with E-state index in [0.29, 0.717) is 24.9 Å². The van der Waals surface area contributed by atoms with Crippen molar-refractivity contribution in [2.45, 2.75) is 24.2 Å². The minimum atomic E-state index is -3.43. The maximum Gasteiger partial charge on any atom is 0.243 e. The van der Waals surface area contributed by atoms with Crippen molar-refractivity contribution in [1.82, 2.24) is 14.5 Å². The summed E-state index contributed by atoms with van der Waals surface area (Å²) in [5.74, 6) is 0.808. The minimum Gasteiger partial charge on any atom is -0.330 e. The monoisotopic (exact) mass is 272 g/mol. The number of nitrogens with one attached hydrogen (secondary N) is 1. The van der Waals surface area contributed by atoms with Crippen LogP contribution in [-0.2, 0) is 17.1 Å². The van der Waals surface area contributed by atoms with Gasteiger partial charge in [0.05, 0.1) is 6.20 Å². The van der Waals surface area contributed by atoms with E-state index in [1.807, 2.05) is 0 Å². The van der Waals surface area contributed by atoms with Crippen LogP contribution in [0, 0.1) is 11.8 Å². The summed E-state index contributed by atoms with van der Waals surface area (Å²) >= 11 is 0. The molecule has 1 aliphatic rings. The van der Waals surface area contributed by atoms with E-state index in [1.165, 1.54) is 17.1 Å². The first-order valence-electron chi connectivity index (χ1n) is 6.21. The Balaban J connectivity index is 1.97. The number of sulfonamides is 1. The van der Waals surface area contributed by atoms with Crippen molar-refractivity contribution in [3.8, 4) is 0 Å². The smallest absolute Gasteiger partial charge is 0.243 e. The number of nitrogens with two attached hydrogens (primary N) is 1. The third-order valence-corrected chi connectivity index (χ3v) is 5.02. The Labute approximate surface area is 108 Å². The molecule has 2 unspecified atom stereocenters. The Bertz CT molecular complexity index is 497. The van der Waals surface area contributed by atoms with Crippen molar-refractivity contribution in [3.05, 3.63) is 12.4 Å². The fourth-order valence-corrected chi connectivity index (χ4v) is 3.61. The number of rotatable bonds is 5. The SMILES string of the molecule is Cn1cc(S(=O)(=O)NCC2CCCC2CN)cn1. The van der Waals surface area contributed by atoms with Gasteiger partial charge in [0.2, 0.25) is 10.0 Å². The quantitative estimate of drug-likeness (QED) is 0.794. The van der Waals surface area contributed by atoms with Gasteiger partial charge in [-0.15, -0.1) is 0 Å². The normalized spacial score (nSPS) is 24.6. The van der Waals surface area contributed by atoms with Gasteiger partial charge in [-0.3, -0.25) is 4.68 Å². The maximum absolute atomic E-state index is 12.0. The highest BCUT2D eigenvalue weighted by atomic mass is 32.2. The van der Waals surface area contributed by atoms with Gasteiger partial charge in [-0.2, -0.15) is 5.10 Å². The van der Waals surface area contributed by atoms with Crippen LogP contribution in [0.3, 0.4) is 0 Å². The first-order valence-corrected chi connectivity index (χ1v) is 7.69. The Morgan fingerprint density at radius 1 is 1.50 bits per heavy atom. The topological polar surface area (TPSA) is 90.0 Å². The lowest BCUT2D eigenvalue weighted by Crippen LogP contribution is -2.32. The summed E-state index contributed by atoms with van der Waals surface area (Å²) < 4.78 is 28.1. The molecular weight excluding hydrogens is 252 g/mol. The molecule has 2 atom stereocenters. The van der Waals surface area contributed by atoms with E-state index >= 15 is 0 Å². The molecule has 1 aliphatic carbocycles. The number of aryl methyl sites for hydroxylation is 1. The summed E-state index contributed by atoms with van der Waals surface area (Å²) in [4.78, 5) is 0.215. The second kappa shape index (κ2) is 5.38. The van der Waals surface area contributed by atoms with Crippen molar-refractivity contribution < 1.29 is 8.42 Å². The minimum absolute atomic E-state index is 0.215. The van der Waals surface area contributed by atoms with Gasteiger partial charge in [-0.05, 0) is 31.2 Å². The zero-order chi connectivity index (χ0) is 13.2. The number of hydrogen-bond donors (Lipinski definition) is 2. The first-order chi connectivity index (χ1) is 8.53. The standard InChI is InChI=1S/C11H20N4O2S/c1-15-8-11(7-13-15)18(16,17)14-6-10-4-2-3-9(10)5-12/h7-10,14H,2-6,12H2,1H3. The van der Waals surface area contributed by atoms with Gasteiger partial charge < -0.3 is 5.73 Å². The molecule has 1 aromatic rings. The Morgan fingerprint density at radius 2 is 2.22 bits per heavy atom. The first kappa shape index (κ1) is 13.5.